The van der Waals surface area contributed by atoms with E-state index in [-0.39, 0.29) is 24.5 Å². The number of nitrogens with zero attached hydrogens (tertiary/aromatic N) is 1. The second kappa shape index (κ2) is 8.13. The highest BCUT2D eigenvalue weighted by Gasteiger charge is 2.45. The predicted molar refractivity (Wildman–Crippen MR) is 90.3 cm³/mol. The summed E-state index contributed by atoms with van der Waals surface area (Å²) >= 11 is 0. The normalized spacial score (nSPS) is 18.1. The Bertz CT molecular complexity index is 644. The van der Waals surface area contributed by atoms with Crippen molar-refractivity contribution in [1.82, 2.24) is 10.2 Å². The molecule has 0 spiro atoms. The maximum Gasteiger partial charge on any atom is 0.416 e. The fraction of sp³-hybridized carbons (Fsp3) is 0.647. The number of hydrogen-bond donors (Lipinski definition) is 1. The largest absolute Gasteiger partial charge is 0.416 e. The Morgan fingerprint density at radius 2 is 1.44 bits per heavy atom. The third-order valence-electron chi connectivity index (χ3n) is 4.37. The van der Waals surface area contributed by atoms with Crippen molar-refractivity contribution in [2.75, 3.05) is 26.2 Å². The number of nitrogens with one attached hydrogen (secondary N) is 1. The zero-order valence-electron chi connectivity index (χ0n) is 15.1. The summed E-state index contributed by atoms with van der Waals surface area (Å²) in [4.78, 5) is 1.69. The molecule has 1 heterocycles. The van der Waals surface area contributed by atoms with Crippen LogP contribution in [-0.2, 0) is 12.4 Å². The number of rotatable bonds is 2. The van der Waals surface area contributed by atoms with Gasteiger partial charge in [0.25, 0.3) is 0 Å². The molecule has 0 amide bonds. The number of alkyl halides is 6. The molecule has 1 N–H and O–H groups in total. The molecule has 0 aliphatic carbocycles. The first-order chi connectivity index (χ1) is 11.7. The van der Waals surface area contributed by atoms with Gasteiger partial charge in [-0.05, 0) is 17.5 Å². The van der Waals surface area contributed by atoms with E-state index in [1.807, 2.05) is 0 Å². The van der Waals surface area contributed by atoms with Gasteiger partial charge < -0.3 is 5.32 Å². The van der Waals surface area contributed by atoms with Gasteiger partial charge in [-0.3, -0.25) is 4.90 Å². The second-order valence-electron chi connectivity index (χ2n) is 7.47. The predicted octanol–water partition coefficient (Wildman–Crippen LogP) is 5.28. The first kappa shape index (κ1) is 24.0. The van der Waals surface area contributed by atoms with Gasteiger partial charge in [-0.25, -0.2) is 4.39 Å². The summed E-state index contributed by atoms with van der Waals surface area (Å²) in [7, 11) is 0. The lowest BCUT2D eigenvalue weighted by atomic mass is 9.78. The van der Waals surface area contributed by atoms with E-state index in [2.05, 4.69) is 5.32 Å². The van der Waals surface area contributed by atoms with Crippen molar-refractivity contribution < 1.29 is 30.7 Å². The molecule has 0 radical (unpaired) electrons. The Labute approximate surface area is 159 Å². The summed E-state index contributed by atoms with van der Waals surface area (Å²) in [6, 6.07) is -0.839. The molecule has 0 unspecified atom stereocenters. The zero-order valence-corrected chi connectivity index (χ0v) is 15.9. The van der Waals surface area contributed by atoms with Crippen molar-refractivity contribution in [2.45, 2.75) is 39.2 Å². The Morgan fingerprint density at radius 3 is 1.85 bits per heavy atom. The third-order valence-corrected chi connectivity index (χ3v) is 4.37. The molecule has 27 heavy (non-hydrogen) atoms. The Morgan fingerprint density at radius 1 is 0.926 bits per heavy atom. The first-order valence-corrected chi connectivity index (χ1v) is 8.15. The van der Waals surface area contributed by atoms with E-state index in [1.54, 1.807) is 25.7 Å². The molecule has 0 bridgehead atoms. The van der Waals surface area contributed by atoms with Gasteiger partial charge in [0, 0.05) is 37.8 Å². The van der Waals surface area contributed by atoms with Crippen molar-refractivity contribution in [3.05, 3.63) is 34.6 Å². The first-order valence-electron chi connectivity index (χ1n) is 8.15. The summed E-state index contributed by atoms with van der Waals surface area (Å²) in [6.07, 6.45) is -10.2. The minimum atomic E-state index is -5.10. The van der Waals surface area contributed by atoms with Crippen LogP contribution in [0.2, 0.25) is 0 Å². The van der Waals surface area contributed by atoms with Crippen molar-refractivity contribution in [2.24, 2.45) is 5.41 Å². The van der Waals surface area contributed by atoms with Crippen molar-refractivity contribution >= 4 is 12.4 Å². The van der Waals surface area contributed by atoms with Crippen LogP contribution in [0.15, 0.2) is 12.1 Å². The molecule has 1 fully saturated rings. The molecule has 0 saturated carbocycles. The third kappa shape index (κ3) is 5.48. The van der Waals surface area contributed by atoms with Crippen LogP contribution in [0.1, 0.15) is 43.5 Å². The minimum Gasteiger partial charge on any atom is -0.314 e. The van der Waals surface area contributed by atoms with E-state index in [1.165, 1.54) is 0 Å². The summed E-state index contributed by atoms with van der Waals surface area (Å²) in [5, 5.41) is 3.05. The van der Waals surface area contributed by atoms with Crippen LogP contribution >= 0.6 is 12.4 Å². The lowest BCUT2D eigenvalue weighted by molar-refractivity contribution is -0.144. The quantitative estimate of drug-likeness (QED) is 0.652. The second-order valence-corrected chi connectivity index (χ2v) is 7.47. The Balaban J connectivity index is 0.00000364. The van der Waals surface area contributed by atoms with Crippen LogP contribution in [-0.4, -0.2) is 31.1 Å². The fourth-order valence-electron chi connectivity index (χ4n) is 3.40. The summed E-state index contributed by atoms with van der Waals surface area (Å²) in [6.45, 7) is 6.72. The molecule has 1 aromatic carbocycles. The van der Waals surface area contributed by atoms with E-state index in [0.717, 1.165) is 0 Å². The van der Waals surface area contributed by atoms with Gasteiger partial charge in [0.2, 0.25) is 0 Å². The zero-order chi connectivity index (χ0) is 19.9. The van der Waals surface area contributed by atoms with E-state index in [4.69, 9.17) is 0 Å². The molecule has 2 nitrogen and oxygen atoms in total. The topological polar surface area (TPSA) is 15.3 Å². The fourth-order valence-corrected chi connectivity index (χ4v) is 3.40. The van der Waals surface area contributed by atoms with Crippen molar-refractivity contribution in [3.8, 4) is 0 Å². The molecule has 1 aromatic rings. The molecule has 1 saturated heterocycles. The van der Waals surface area contributed by atoms with E-state index in [0.29, 0.717) is 26.2 Å². The van der Waals surface area contributed by atoms with E-state index < -0.39 is 46.3 Å². The summed E-state index contributed by atoms with van der Waals surface area (Å²) in [5.41, 5.74) is -4.75. The number of halogens is 8. The average Bonchev–Trinajstić information content (AvgIpc) is 2.46. The SMILES string of the molecule is CC(C)(C)[C@@H](c1c(F)cc(C(F)(F)F)cc1C(F)(F)F)N1CCNCC1.Cl. The maximum absolute atomic E-state index is 14.7. The molecular weight excluding hydrogens is 401 g/mol. The molecule has 0 aromatic heterocycles. The van der Waals surface area contributed by atoms with Gasteiger partial charge in [0.15, 0.2) is 0 Å². The number of piperazine rings is 1. The summed E-state index contributed by atoms with van der Waals surface area (Å²) in [5.74, 6) is -1.48. The van der Waals surface area contributed by atoms with Crippen LogP contribution in [0.3, 0.4) is 0 Å². The Hall–Kier alpha value is -1.06. The summed E-state index contributed by atoms with van der Waals surface area (Å²) < 4.78 is 94.0. The highest BCUT2D eigenvalue weighted by molar-refractivity contribution is 5.85. The van der Waals surface area contributed by atoms with Gasteiger partial charge in [-0.1, -0.05) is 20.8 Å². The smallest absolute Gasteiger partial charge is 0.314 e. The molecule has 2 rings (SSSR count). The van der Waals surface area contributed by atoms with Gasteiger partial charge >= 0.3 is 12.4 Å². The van der Waals surface area contributed by atoms with Crippen LogP contribution in [0, 0.1) is 11.2 Å². The van der Waals surface area contributed by atoms with Crippen molar-refractivity contribution in [3.63, 3.8) is 0 Å². The molecule has 156 valence electrons. The molecule has 1 atom stereocenters. The molecule has 1 aliphatic rings. The average molecular weight is 423 g/mol. The lowest BCUT2D eigenvalue weighted by Gasteiger charge is -2.43. The Kier molecular flexibility index (Phi) is 7.22. The van der Waals surface area contributed by atoms with Crippen LogP contribution < -0.4 is 5.32 Å². The van der Waals surface area contributed by atoms with Crippen LogP contribution in [0.5, 0.6) is 0 Å². The molecule has 10 heteroatoms. The number of benzene rings is 1. The highest BCUT2D eigenvalue weighted by Crippen LogP contribution is 2.46. The minimum absolute atomic E-state index is 0. The van der Waals surface area contributed by atoms with Gasteiger partial charge in [-0.15, -0.1) is 12.4 Å². The van der Waals surface area contributed by atoms with Crippen LogP contribution in [0.4, 0.5) is 30.7 Å². The van der Waals surface area contributed by atoms with Crippen molar-refractivity contribution in [1.29, 1.82) is 0 Å². The van der Waals surface area contributed by atoms with E-state index >= 15 is 0 Å². The molecular formula is C17H22ClF7N2. The van der Waals surface area contributed by atoms with E-state index in [9.17, 15) is 30.7 Å². The van der Waals surface area contributed by atoms with Crippen LogP contribution in [0.25, 0.3) is 0 Å². The van der Waals surface area contributed by atoms with Gasteiger partial charge in [-0.2, -0.15) is 26.3 Å². The van der Waals surface area contributed by atoms with Gasteiger partial charge in [0.05, 0.1) is 11.1 Å². The number of hydrogen-bond acceptors (Lipinski definition) is 2. The standard InChI is InChI=1S/C17H21F7N2.ClH/c1-15(2,3)14(26-6-4-25-5-7-26)13-11(17(22,23)24)8-10(9-12(13)18)16(19,20)21;/h8-9,14,25H,4-7H2,1-3H3;1H/t14-;/m1./s1. The van der Waals surface area contributed by atoms with Gasteiger partial charge in [0.1, 0.15) is 5.82 Å². The molecule has 1 aliphatic heterocycles. The maximum atomic E-state index is 14.7. The monoisotopic (exact) mass is 422 g/mol. The highest BCUT2D eigenvalue weighted by atomic mass is 35.5. The lowest BCUT2D eigenvalue weighted by Crippen LogP contribution is -2.49.